The molecule has 104 valence electrons. The predicted molar refractivity (Wildman–Crippen MR) is 71.0 cm³/mol. The van der Waals surface area contributed by atoms with Crippen molar-refractivity contribution in [1.29, 1.82) is 0 Å². The highest BCUT2D eigenvalue weighted by Gasteiger charge is 2.24. The standard InChI is InChI=1S/C13H19N3O3/c1-9(17)12-4-3-11(7-14-12)16-6-5-10(8-16)15-13(18)19-2/h3-4,7,9-10,17H,5-6,8H2,1-2H3,(H,15,18)/t9-,10?/m0/s1. The minimum atomic E-state index is -0.554. The van der Waals surface area contributed by atoms with Gasteiger partial charge >= 0.3 is 6.09 Å². The van der Waals surface area contributed by atoms with Crippen molar-refractivity contribution in [3.8, 4) is 0 Å². The van der Waals surface area contributed by atoms with Gasteiger partial charge in [0.1, 0.15) is 0 Å². The number of nitrogens with one attached hydrogen (secondary N) is 1. The average molecular weight is 265 g/mol. The number of aliphatic hydroxyl groups is 1. The summed E-state index contributed by atoms with van der Waals surface area (Å²) in [6, 6.07) is 3.86. The zero-order valence-electron chi connectivity index (χ0n) is 11.2. The van der Waals surface area contributed by atoms with Crippen molar-refractivity contribution in [2.45, 2.75) is 25.5 Å². The van der Waals surface area contributed by atoms with Crippen molar-refractivity contribution in [2.24, 2.45) is 0 Å². The van der Waals surface area contributed by atoms with E-state index in [9.17, 15) is 9.90 Å². The van der Waals surface area contributed by atoms with Crippen molar-refractivity contribution in [1.82, 2.24) is 10.3 Å². The second-order valence-electron chi connectivity index (χ2n) is 4.68. The van der Waals surface area contributed by atoms with E-state index in [1.54, 1.807) is 13.1 Å². The summed E-state index contributed by atoms with van der Waals surface area (Å²) in [4.78, 5) is 17.5. The second kappa shape index (κ2) is 5.88. The maximum atomic E-state index is 11.1. The van der Waals surface area contributed by atoms with Crippen molar-refractivity contribution >= 4 is 11.8 Å². The number of aromatic nitrogens is 1. The summed E-state index contributed by atoms with van der Waals surface area (Å²) in [6.07, 6.45) is 1.69. The van der Waals surface area contributed by atoms with Gasteiger partial charge in [-0.1, -0.05) is 0 Å². The summed E-state index contributed by atoms with van der Waals surface area (Å²) in [6.45, 7) is 3.29. The molecule has 0 aliphatic carbocycles. The van der Waals surface area contributed by atoms with Gasteiger partial charge in [0.25, 0.3) is 0 Å². The molecule has 1 aromatic rings. The Kier molecular flexibility index (Phi) is 4.21. The maximum absolute atomic E-state index is 11.1. The Morgan fingerprint density at radius 1 is 1.63 bits per heavy atom. The molecule has 0 radical (unpaired) electrons. The number of hydrogen-bond donors (Lipinski definition) is 2. The van der Waals surface area contributed by atoms with Crippen LogP contribution < -0.4 is 10.2 Å². The molecule has 1 saturated heterocycles. The van der Waals surface area contributed by atoms with Crippen LogP contribution in [0.15, 0.2) is 18.3 Å². The number of aliphatic hydroxyl groups excluding tert-OH is 1. The summed E-state index contributed by atoms with van der Waals surface area (Å²) in [7, 11) is 1.36. The van der Waals surface area contributed by atoms with E-state index in [2.05, 4.69) is 19.9 Å². The minimum Gasteiger partial charge on any atom is -0.453 e. The molecule has 2 heterocycles. The summed E-state index contributed by atoms with van der Waals surface area (Å²) < 4.78 is 4.59. The van der Waals surface area contributed by atoms with Gasteiger partial charge in [0.2, 0.25) is 0 Å². The number of ether oxygens (including phenoxy) is 1. The van der Waals surface area contributed by atoms with Gasteiger partial charge in [-0.25, -0.2) is 4.79 Å². The lowest BCUT2D eigenvalue weighted by molar-refractivity contribution is 0.167. The Morgan fingerprint density at radius 3 is 3.00 bits per heavy atom. The largest absolute Gasteiger partial charge is 0.453 e. The van der Waals surface area contributed by atoms with Gasteiger partial charge in [0.05, 0.1) is 36.8 Å². The van der Waals surface area contributed by atoms with Gasteiger partial charge < -0.3 is 20.1 Å². The van der Waals surface area contributed by atoms with Crippen LogP contribution in [-0.2, 0) is 4.74 Å². The first-order valence-electron chi connectivity index (χ1n) is 6.33. The Balaban J connectivity index is 1.95. The van der Waals surface area contributed by atoms with Crippen LogP contribution in [0.3, 0.4) is 0 Å². The summed E-state index contributed by atoms with van der Waals surface area (Å²) in [5.74, 6) is 0. The van der Waals surface area contributed by atoms with Crippen LogP contribution in [0, 0.1) is 0 Å². The molecule has 1 unspecified atom stereocenters. The molecule has 19 heavy (non-hydrogen) atoms. The molecule has 0 saturated carbocycles. The Labute approximate surface area is 112 Å². The molecule has 1 amide bonds. The highest BCUT2D eigenvalue weighted by Crippen LogP contribution is 2.21. The third-order valence-electron chi connectivity index (χ3n) is 3.26. The van der Waals surface area contributed by atoms with Gasteiger partial charge in [0.15, 0.2) is 0 Å². The third-order valence-corrected chi connectivity index (χ3v) is 3.26. The van der Waals surface area contributed by atoms with Crippen LogP contribution in [0.25, 0.3) is 0 Å². The second-order valence-corrected chi connectivity index (χ2v) is 4.68. The highest BCUT2D eigenvalue weighted by molar-refractivity contribution is 5.67. The molecule has 0 bridgehead atoms. The fourth-order valence-corrected chi connectivity index (χ4v) is 2.17. The Bertz CT molecular complexity index is 433. The topological polar surface area (TPSA) is 74.7 Å². The van der Waals surface area contributed by atoms with E-state index in [1.165, 1.54) is 7.11 Å². The molecule has 0 aromatic carbocycles. The van der Waals surface area contributed by atoms with Crippen molar-refractivity contribution in [2.75, 3.05) is 25.1 Å². The van der Waals surface area contributed by atoms with E-state index in [0.717, 1.165) is 25.2 Å². The van der Waals surface area contributed by atoms with Crippen LogP contribution >= 0.6 is 0 Å². The molecule has 2 atom stereocenters. The summed E-state index contributed by atoms with van der Waals surface area (Å²) in [5, 5.41) is 12.2. The molecular formula is C13H19N3O3. The number of methoxy groups -OCH3 is 1. The van der Waals surface area contributed by atoms with E-state index < -0.39 is 12.2 Å². The van der Waals surface area contributed by atoms with Crippen molar-refractivity contribution < 1.29 is 14.6 Å². The number of pyridine rings is 1. The quantitative estimate of drug-likeness (QED) is 0.855. The van der Waals surface area contributed by atoms with Crippen LogP contribution in [0.1, 0.15) is 25.1 Å². The number of amides is 1. The average Bonchev–Trinajstić information content (AvgIpc) is 2.87. The monoisotopic (exact) mass is 265 g/mol. The first kappa shape index (κ1) is 13.6. The van der Waals surface area contributed by atoms with Gasteiger partial charge in [0, 0.05) is 13.1 Å². The lowest BCUT2D eigenvalue weighted by Gasteiger charge is -2.19. The van der Waals surface area contributed by atoms with Gasteiger partial charge in [-0.2, -0.15) is 0 Å². The normalized spacial score (nSPS) is 20.2. The highest BCUT2D eigenvalue weighted by atomic mass is 16.5. The lowest BCUT2D eigenvalue weighted by Crippen LogP contribution is -2.36. The number of alkyl carbamates (subject to hydrolysis) is 1. The SMILES string of the molecule is COC(=O)NC1CCN(c2ccc([C@H](C)O)nc2)C1. The third kappa shape index (κ3) is 3.35. The summed E-state index contributed by atoms with van der Waals surface area (Å²) >= 11 is 0. The van der Waals surface area contributed by atoms with Gasteiger partial charge in [-0.3, -0.25) is 4.98 Å². The van der Waals surface area contributed by atoms with Crippen LogP contribution in [0.5, 0.6) is 0 Å². The summed E-state index contributed by atoms with van der Waals surface area (Å²) in [5.41, 5.74) is 1.66. The molecule has 1 aliphatic rings. The molecular weight excluding hydrogens is 246 g/mol. The Hall–Kier alpha value is -1.82. The molecule has 1 aliphatic heterocycles. The number of nitrogens with zero attached hydrogens (tertiary/aromatic N) is 2. The molecule has 0 spiro atoms. The number of carbonyl (C=O) groups excluding carboxylic acids is 1. The lowest BCUT2D eigenvalue weighted by atomic mass is 10.2. The van der Waals surface area contributed by atoms with Crippen LogP contribution in [0.2, 0.25) is 0 Å². The van der Waals surface area contributed by atoms with E-state index in [0.29, 0.717) is 5.69 Å². The zero-order valence-corrected chi connectivity index (χ0v) is 11.2. The molecule has 6 nitrogen and oxygen atoms in total. The minimum absolute atomic E-state index is 0.101. The van der Waals surface area contributed by atoms with E-state index in [1.807, 2.05) is 12.1 Å². The smallest absolute Gasteiger partial charge is 0.407 e. The number of carbonyl (C=O) groups is 1. The van der Waals surface area contributed by atoms with Gasteiger partial charge in [-0.05, 0) is 25.5 Å². The molecule has 6 heteroatoms. The van der Waals surface area contributed by atoms with E-state index in [-0.39, 0.29) is 6.04 Å². The molecule has 2 rings (SSSR count). The van der Waals surface area contributed by atoms with Crippen molar-refractivity contribution in [3.63, 3.8) is 0 Å². The van der Waals surface area contributed by atoms with E-state index >= 15 is 0 Å². The van der Waals surface area contributed by atoms with Crippen molar-refractivity contribution in [3.05, 3.63) is 24.0 Å². The predicted octanol–water partition coefficient (Wildman–Crippen LogP) is 1.07. The molecule has 1 aromatic heterocycles. The molecule has 1 fully saturated rings. The fourth-order valence-electron chi connectivity index (χ4n) is 2.17. The number of anilines is 1. The number of rotatable bonds is 3. The van der Waals surface area contributed by atoms with Crippen LogP contribution in [-0.4, -0.2) is 42.4 Å². The fraction of sp³-hybridized carbons (Fsp3) is 0.538. The van der Waals surface area contributed by atoms with Gasteiger partial charge in [-0.15, -0.1) is 0 Å². The zero-order chi connectivity index (χ0) is 13.8. The van der Waals surface area contributed by atoms with Crippen LogP contribution in [0.4, 0.5) is 10.5 Å². The molecule has 2 N–H and O–H groups in total. The first-order valence-corrected chi connectivity index (χ1v) is 6.33. The first-order chi connectivity index (χ1) is 9.10. The number of hydrogen-bond acceptors (Lipinski definition) is 5. The maximum Gasteiger partial charge on any atom is 0.407 e. The van der Waals surface area contributed by atoms with E-state index in [4.69, 9.17) is 0 Å². The Morgan fingerprint density at radius 2 is 2.42 bits per heavy atom.